The van der Waals surface area contributed by atoms with Gasteiger partial charge in [-0.2, -0.15) is 0 Å². The van der Waals surface area contributed by atoms with E-state index in [9.17, 15) is 14.4 Å². The minimum atomic E-state index is -0.764. The van der Waals surface area contributed by atoms with Crippen LogP contribution in [0, 0.1) is 13.8 Å². The number of hydrogen-bond donors (Lipinski definition) is 1. The van der Waals surface area contributed by atoms with Crippen LogP contribution in [0.2, 0.25) is 5.02 Å². The Labute approximate surface area is 175 Å². The zero-order valence-corrected chi connectivity index (χ0v) is 17.8. The van der Waals surface area contributed by atoms with Gasteiger partial charge < -0.3 is 14.6 Å². The number of esters is 1. The molecule has 0 radical (unpaired) electrons. The second-order valence-electron chi connectivity index (χ2n) is 6.64. The molecule has 0 aliphatic carbocycles. The van der Waals surface area contributed by atoms with Crippen LogP contribution in [0.1, 0.15) is 56.3 Å². The van der Waals surface area contributed by atoms with Gasteiger partial charge in [-0.25, -0.2) is 4.79 Å². The largest absolute Gasteiger partial charge is 0.461 e. The Morgan fingerprint density at radius 3 is 2.41 bits per heavy atom. The minimum Gasteiger partial charge on any atom is -0.461 e. The molecule has 1 N–H and O–H groups in total. The lowest BCUT2D eigenvalue weighted by Crippen LogP contribution is -2.43. The normalized spacial score (nSPS) is 11.6. The summed E-state index contributed by atoms with van der Waals surface area (Å²) in [5, 5.41) is 0.519. The fraction of sp³-hybridized carbons (Fsp3) is 0.318. The molecule has 0 aliphatic rings. The molecule has 1 heterocycles. The summed E-state index contributed by atoms with van der Waals surface area (Å²) in [7, 11) is 0. The highest BCUT2D eigenvalue weighted by Gasteiger charge is 2.31. The van der Waals surface area contributed by atoms with Gasteiger partial charge in [0.15, 0.2) is 5.78 Å². The summed E-state index contributed by atoms with van der Waals surface area (Å²) in [6, 6.07) is 5.71. The summed E-state index contributed by atoms with van der Waals surface area (Å²) in [5.74, 6) is -1.09. The smallest absolute Gasteiger partial charge is 0.355 e. The van der Waals surface area contributed by atoms with Crippen molar-refractivity contribution in [2.45, 2.75) is 33.7 Å². The number of carbonyl (C=O) groups is 3. The van der Waals surface area contributed by atoms with Crippen molar-refractivity contribution in [2.75, 3.05) is 13.2 Å². The first-order valence-electron chi connectivity index (χ1n) is 9.30. The molecule has 2 rings (SSSR count). The number of Topliss-reactive ketones (excluding diaryl/α,β-unsaturated/α-hetero) is 1. The lowest BCUT2D eigenvalue weighted by atomic mass is 9.99. The third-order valence-electron chi connectivity index (χ3n) is 4.69. The van der Waals surface area contributed by atoms with Crippen molar-refractivity contribution in [1.29, 1.82) is 0 Å². The van der Waals surface area contributed by atoms with E-state index in [1.165, 1.54) is 4.90 Å². The molecule has 1 atom stereocenters. The molecule has 1 amide bonds. The number of carbonyl (C=O) groups excluding carboxylic acids is 3. The Kier molecular flexibility index (Phi) is 7.40. The van der Waals surface area contributed by atoms with Gasteiger partial charge in [0.1, 0.15) is 5.69 Å². The van der Waals surface area contributed by atoms with Gasteiger partial charge in [-0.1, -0.05) is 17.7 Å². The van der Waals surface area contributed by atoms with Crippen LogP contribution < -0.4 is 0 Å². The molecular weight excluding hydrogens is 392 g/mol. The molecule has 0 fully saturated rings. The third kappa shape index (κ3) is 4.77. The Bertz CT molecular complexity index is 931. The highest BCUT2D eigenvalue weighted by atomic mass is 35.5. The summed E-state index contributed by atoms with van der Waals surface area (Å²) in [4.78, 5) is 42.8. The lowest BCUT2D eigenvalue weighted by Gasteiger charge is -2.27. The first-order chi connectivity index (χ1) is 13.7. The zero-order chi connectivity index (χ0) is 21.7. The number of aryl methyl sites for hydroxylation is 1. The van der Waals surface area contributed by atoms with Crippen LogP contribution in [-0.2, 0) is 4.74 Å². The van der Waals surface area contributed by atoms with Gasteiger partial charge in [-0.3, -0.25) is 9.59 Å². The number of aromatic nitrogens is 1. The molecular formula is C22H25ClN2O4. The first kappa shape index (κ1) is 22.4. The van der Waals surface area contributed by atoms with E-state index in [4.69, 9.17) is 16.3 Å². The number of nitrogens with one attached hydrogen (secondary N) is 1. The van der Waals surface area contributed by atoms with Crippen molar-refractivity contribution in [3.05, 3.63) is 70.0 Å². The highest BCUT2D eigenvalue weighted by molar-refractivity contribution is 6.30. The number of halogens is 1. The van der Waals surface area contributed by atoms with E-state index in [0.717, 1.165) is 0 Å². The number of H-pyrrole nitrogens is 1. The maximum atomic E-state index is 13.3. The lowest BCUT2D eigenvalue weighted by molar-refractivity contribution is 0.0519. The van der Waals surface area contributed by atoms with Crippen molar-refractivity contribution in [1.82, 2.24) is 9.88 Å². The quantitative estimate of drug-likeness (QED) is 0.394. The summed E-state index contributed by atoms with van der Waals surface area (Å²) in [6.45, 7) is 10.9. The van der Waals surface area contributed by atoms with Crippen LogP contribution in [0.5, 0.6) is 0 Å². The number of nitrogens with zero attached hydrogens (tertiary/aromatic N) is 1. The van der Waals surface area contributed by atoms with E-state index in [-0.39, 0.29) is 30.5 Å². The van der Waals surface area contributed by atoms with Crippen LogP contribution in [0.4, 0.5) is 0 Å². The SMILES string of the molecule is C=CCN(C(=O)c1ccc(Cl)cc1)[C@@H](C)C(=O)c1c(C)[nH]c(C(=O)OCC)c1C. The van der Waals surface area contributed by atoms with Gasteiger partial charge in [-0.15, -0.1) is 6.58 Å². The topological polar surface area (TPSA) is 79.5 Å². The predicted molar refractivity (Wildman–Crippen MR) is 113 cm³/mol. The minimum absolute atomic E-state index is 0.196. The maximum Gasteiger partial charge on any atom is 0.355 e. The van der Waals surface area contributed by atoms with Gasteiger partial charge in [0, 0.05) is 28.4 Å². The molecule has 0 aliphatic heterocycles. The number of rotatable bonds is 8. The molecule has 0 unspecified atom stereocenters. The van der Waals surface area contributed by atoms with Crippen LogP contribution in [-0.4, -0.2) is 46.7 Å². The molecule has 29 heavy (non-hydrogen) atoms. The number of hydrogen-bond acceptors (Lipinski definition) is 4. The van der Waals surface area contributed by atoms with Gasteiger partial charge in [0.05, 0.1) is 12.6 Å². The average Bonchev–Trinajstić information content (AvgIpc) is 2.99. The van der Waals surface area contributed by atoms with Gasteiger partial charge >= 0.3 is 5.97 Å². The maximum absolute atomic E-state index is 13.3. The Balaban J connectivity index is 2.37. The van der Waals surface area contributed by atoms with Crippen LogP contribution in [0.3, 0.4) is 0 Å². The molecule has 0 saturated carbocycles. The van der Waals surface area contributed by atoms with Crippen LogP contribution in [0.25, 0.3) is 0 Å². The molecule has 6 nitrogen and oxygen atoms in total. The van der Waals surface area contributed by atoms with Crippen molar-refractivity contribution in [2.24, 2.45) is 0 Å². The van der Waals surface area contributed by atoms with E-state index < -0.39 is 12.0 Å². The van der Waals surface area contributed by atoms with Crippen molar-refractivity contribution in [3.8, 4) is 0 Å². The Morgan fingerprint density at radius 2 is 1.86 bits per heavy atom. The second kappa shape index (κ2) is 9.56. The zero-order valence-electron chi connectivity index (χ0n) is 17.0. The fourth-order valence-corrected chi connectivity index (χ4v) is 3.32. The highest BCUT2D eigenvalue weighted by Crippen LogP contribution is 2.23. The van der Waals surface area contributed by atoms with Crippen LogP contribution in [0.15, 0.2) is 36.9 Å². The molecule has 2 aromatic rings. The van der Waals surface area contributed by atoms with E-state index in [0.29, 0.717) is 27.4 Å². The standard InChI is InChI=1S/C22H25ClN2O4/c1-6-12-25(21(27)16-8-10-17(23)11-9-16)15(5)20(26)18-13(3)19(24-14(18)4)22(28)29-7-2/h6,8-11,15,24H,1,7,12H2,2-5H3/t15-/m0/s1. The van der Waals surface area contributed by atoms with E-state index in [2.05, 4.69) is 11.6 Å². The average molecular weight is 417 g/mol. The predicted octanol–water partition coefficient (Wildman–Crippen LogP) is 4.36. The summed E-state index contributed by atoms with van der Waals surface area (Å²) in [5.41, 5.74) is 2.12. The molecule has 7 heteroatoms. The third-order valence-corrected chi connectivity index (χ3v) is 4.94. The Hall–Kier alpha value is -2.86. The van der Waals surface area contributed by atoms with E-state index in [1.54, 1.807) is 58.0 Å². The van der Waals surface area contributed by atoms with Gasteiger partial charge in [-0.05, 0) is 57.5 Å². The molecule has 1 aromatic carbocycles. The van der Waals surface area contributed by atoms with Gasteiger partial charge in [0.2, 0.25) is 0 Å². The molecule has 0 bridgehead atoms. The second-order valence-corrected chi connectivity index (χ2v) is 7.08. The number of benzene rings is 1. The van der Waals surface area contributed by atoms with Crippen molar-refractivity contribution < 1.29 is 19.1 Å². The van der Waals surface area contributed by atoms with E-state index in [1.807, 2.05) is 0 Å². The fourth-order valence-electron chi connectivity index (χ4n) is 3.19. The first-order valence-corrected chi connectivity index (χ1v) is 9.68. The summed E-state index contributed by atoms with van der Waals surface area (Å²) in [6.07, 6.45) is 1.57. The molecule has 0 saturated heterocycles. The van der Waals surface area contributed by atoms with Crippen molar-refractivity contribution in [3.63, 3.8) is 0 Å². The summed E-state index contributed by atoms with van der Waals surface area (Å²) < 4.78 is 5.04. The number of aromatic amines is 1. The monoisotopic (exact) mass is 416 g/mol. The number of ether oxygens (including phenoxy) is 1. The summed E-state index contributed by atoms with van der Waals surface area (Å²) >= 11 is 5.90. The van der Waals surface area contributed by atoms with Crippen molar-refractivity contribution >= 4 is 29.3 Å². The molecule has 0 spiro atoms. The number of ketones is 1. The Morgan fingerprint density at radius 1 is 1.24 bits per heavy atom. The van der Waals surface area contributed by atoms with Crippen LogP contribution >= 0.6 is 11.6 Å². The van der Waals surface area contributed by atoms with E-state index >= 15 is 0 Å². The molecule has 1 aromatic heterocycles. The van der Waals surface area contributed by atoms with Gasteiger partial charge in [0.25, 0.3) is 5.91 Å². The molecule has 154 valence electrons. The number of amides is 1.